The Kier molecular flexibility index (Phi) is 5.14. The van der Waals surface area contributed by atoms with Crippen LogP contribution in [0.5, 0.6) is 5.75 Å². The number of hydrogen-bond donors (Lipinski definition) is 1. The van der Waals surface area contributed by atoms with Gasteiger partial charge in [-0.05, 0) is 23.8 Å². The Balaban J connectivity index is 1.80. The summed E-state index contributed by atoms with van der Waals surface area (Å²) in [5.41, 5.74) is -3.44. The van der Waals surface area contributed by atoms with Crippen LogP contribution in [-0.2, 0) is 10.3 Å². The molecule has 1 aliphatic rings. The van der Waals surface area contributed by atoms with Crippen molar-refractivity contribution in [1.82, 2.24) is 10.2 Å². The van der Waals surface area contributed by atoms with E-state index in [1.807, 2.05) is 5.32 Å². The zero-order valence-corrected chi connectivity index (χ0v) is 15.4. The van der Waals surface area contributed by atoms with E-state index in [1.54, 1.807) is 24.3 Å². The second kappa shape index (κ2) is 7.22. The summed E-state index contributed by atoms with van der Waals surface area (Å²) in [4.78, 5) is 25.3. The zero-order valence-electron chi connectivity index (χ0n) is 13.8. The van der Waals surface area contributed by atoms with Crippen molar-refractivity contribution in [3.8, 4) is 5.75 Å². The van der Waals surface area contributed by atoms with Crippen LogP contribution in [0.4, 0.5) is 18.0 Å². The van der Waals surface area contributed by atoms with E-state index in [9.17, 15) is 22.8 Å². The predicted molar refractivity (Wildman–Crippen MR) is 94.1 cm³/mol. The fourth-order valence-electron chi connectivity index (χ4n) is 2.83. The Morgan fingerprint density at radius 2 is 1.78 bits per heavy atom. The van der Waals surface area contributed by atoms with Gasteiger partial charge in [0.1, 0.15) is 12.4 Å². The number of alkyl halides is 3. The minimum Gasteiger partial charge on any atom is -0.492 e. The maximum atomic E-state index is 13.8. The summed E-state index contributed by atoms with van der Waals surface area (Å²) in [5, 5.41) is 1.83. The molecule has 1 unspecified atom stereocenters. The van der Waals surface area contributed by atoms with Crippen molar-refractivity contribution >= 4 is 27.9 Å². The van der Waals surface area contributed by atoms with Crippen LogP contribution in [0.25, 0.3) is 0 Å². The fraction of sp³-hybridized carbons (Fsp3) is 0.222. The van der Waals surface area contributed by atoms with E-state index in [-0.39, 0.29) is 18.7 Å². The maximum Gasteiger partial charge on any atom is 0.425 e. The lowest BCUT2D eigenvalue weighted by Gasteiger charge is -2.29. The van der Waals surface area contributed by atoms with Gasteiger partial charge in [0.15, 0.2) is 0 Å². The van der Waals surface area contributed by atoms with Gasteiger partial charge in [0, 0.05) is 4.47 Å². The molecule has 9 heteroatoms. The monoisotopic (exact) mass is 442 g/mol. The van der Waals surface area contributed by atoms with Crippen LogP contribution in [0.2, 0.25) is 0 Å². The first-order chi connectivity index (χ1) is 12.8. The smallest absolute Gasteiger partial charge is 0.425 e. The number of nitrogens with one attached hydrogen (secondary N) is 1. The first-order valence-corrected chi connectivity index (χ1v) is 8.70. The van der Waals surface area contributed by atoms with Crippen LogP contribution in [0.1, 0.15) is 5.56 Å². The lowest BCUT2D eigenvalue weighted by molar-refractivity contribution is -0.198. The molecule has 142 valence electrons. The minimum absolute atomic E-state index is 0.141. The third-order valence-electron chi connectivity index (χ3n) is 4.12. The lowest BCUT2D eigenvalue weighted by atomic mass is 9.89. The van der Waals surface area contributed by atoms with Crippen LogP contribution in [0.15, 0.2) is 59.1 Å². The summed E-state index contributed by atoms with van der Waals surface area (Å²) >= 11 is 3.27. The normalized spacial score (nSPS) is 19.9. The van der Waals surface area contributed by atoms with Gasteiger partial charge in [-0.15, -0.1) is 0 Å². The van der Waals surface area contributed by atoms with Gasteiger partial charge in [-0.25, -0.2) is 4.79 Å². The molecular formula is C18H14BrF3N2O3. The lowest BCUT2D eigenvalue weighted by Crippen LogP contribution is -2.55. The Hall–Kier alpha value is -2.55. The number of nitrogens with zero attached hydrogens (tertiary/aromatic N) is 1. The zero-order chi connectivity index (χ0) is 19.7. The Morgan fingerprint density at radius 3 is 2.41 bits per heavy atom. The van der Waals surface area contributed by atoms with Gasteiger partial charge >= 0.3 is 12.2 Å². The summed E-state index contributed by atoms with van der Waals surface area (Å²) in [6.07, 6.45) is -5.00. The van der Waals surface area contributed by atoms with E-state index in [2.05, 4.69) is 15.9 Å². The van der Waals surface area contributed by atoms with Crippen molar-refractivity contribution in [2.24, 2.45) is 0 Å². The van der Waals surface area contributed by atoms with E-state index in [0.717, 1.165) is 16.6 Å². The first kappa shape index (κ1) is 19.2. The number of rotatable bonds is 5. The second-order valence-electron chi connectivity index (χ2n) is 5.81. The molecule has 5 nitrogen and oxygen atoms in total. The van der Waals surface area contributed by atoms with Crippen molar-refractivity contribution in [3.05, 3.63) is 64.6 Å². The minimum atomic E-state index is -5.00. The number of benzene rings is 2. The van der Waals surface area contributed by atoms with Gasteiger partial charge in [0.2, 0.25) is 5.54 Å². The van der Waals surface area contributed by atoms with Crippen LogP contribution < -0.4 is 10.1 Å². The largest absolute Gasteiger partial charge is 0.492 e. The molecule has 1 N–H and O–H groups in total. The van der Waals surface area contributed by atoms with Crippen molar-refractivity contribution in [2.75, 3.05) is 13.2 Å². The second-order valence-corrected chi connectivity index (χ2v) is 6.72. The van der Waals surface area contributed by atoms with Crippen LogP contribution in [0.3, 0.4) is 0 Å². The third kappa shape index (κ3) is 3.51. The number of carbonyl (C=O) groups excluding carboxylic acids is 2. The molecule has 1 heterocycles. The molecule has 2 aromatic rings. The summed E-state index contributed by atoms with van der Waals surface area (Å²) in [6, 6.07) is 12.3. The van der Waals surface area contributed by atoms with Gasteiger partial charge in [-0.2, -0.15) is 13.2 Å². The SMILES string of the molecule is O=C1NC(c2ccccc2)(C(F)(F)F)C(=O)N1CCOc1cccc(Br)c1. The van der Waals surface area contributed by atoms with Gasteiger partial charge in [0.25, 0.3) is 5.91 Å². The molecule has 0 spiro atoms. The average Bonchev–Trinajstić information content (AvgIpc) is 2.88. The van der Waals surface area contributed by atoms with Crippen LogP contribution in [0, 0.1) is 0 Å². The topological polar surface area (TPSA) is 58.6 Å². The third-order valence-corrected chi connectivity index (χ3v) is 4.61. The van der Waals surface area contributed by atoms with Crippen molar-refractivity contribution in [3.63, 3.8) is 0 Å². The number of imide groups is 1. The molecule has 1 aliphatic heterocycles. The Bertz CT molecular complexity index is 860. The molecular weight excluding hydrogens is 429 g/mol. The van der Waals surface area contributed by atoms with Gasteiger partial charge in [-0.3, -0.25) is 9.69 Å². The quantitative estimate of drug-likeness (QED) is 0.715. The molecule has 1 atom stereocenters. The summed E-state index contributed by atoms with van der Waals surface area (Å²) < 4.78 is 47.7. The number of carbonyl (C=O) groups is 2. The number of halogens is 4. The molecule has 3 rings (SSSR count). The van der Waals surface area contributed by atoms with E-state index < -0.39 is 23.7 Å². The highest BCUT2D eigenvalue weighted by molar-refractivity contribution is 9.10. The molecule has 2 aromatic carbocycles. The Labute approximate surface area is 161 Å². The summed E-state index contributed by atoms with van der Waals surface area (Å²) in [5.74, 6) is -0.911. The standard InChI is InChI=1S/C18H14BrF3N2O3/c19-13-7-4-8-14(11-13)27-10-9-24-15(25)17(18(20,21)22,23-16(24)26)12-5-2-1-3-6-12/h1-8,11H,9-10H2,(H,23,26). The highest BCUT2D eigenvalue weighted by Gasteiger charge is 2.68. The Morgan fingerprint density at radius 1 is 1.07 bits per heavy atom. The fourth-order valence-corrected chi connectivity index (χ4v) is 3.21. The molecule has 0 saturated carbocycles. The van der Waals surface area contributed by atoms with Gasteiger partial charge in [-0.1, -0.05) is 52.3 Å². The number of amides is 3. The highest BCUT2D eigenvalue weighted by Crippen LogP contribution is 2.43. The first-order valence-electron chi connectivity index (χ1n) is 7.90. The molecule has 1 saturated heterocycles. The molecule has 27 heavy (non-hydrogen) atoms. The molecule has 1 fully saturated rings. The van der Waals surface area contributed by atoms with Gasteiger partial charge in [0.05, 0.1) is 6.54 Å². The molecule has 0 bridgehead atoms. The van der Waals surface area contributed by atoms with Crippen LogP contribution in [-0.4, -0.2) is 36.2 Å². The summed E-state index contributed by atoms with van der Waals surface area (Å²) in [6.45, 7) is -0.458. The number of urea groups is 1. The van der Waals surface area contributed by atoms with Crippen molar-refractivity contribution < 1.29 is 27.5 Å². The van der Waals surface area contributed by atoms with Crippen molar-refractivity contribution in [1.29, 1.82) is 0 Å². The maximum absolute atomic E-state index is 13.8. The highest BCUT2D eigenvalue weighted by atomic mass is 79.9. The number of ether oxygens (including phenoxy) is 1. The van der Waals surface area contributed by atoms with Crippen molar-refractivity contribution in [2.45, 2.75) is 11.7 Å². The molecule has 0 aliphatic carbocycles. The van der Waals surface area contributed by atoms with E-state index >= 15 is 0 Å². The molecule has 0 radical (unpaired) electrons. The molecule has 0 aromatic heterocycles. The average molecular weight is 443 g/mol. The molecule has 3 amide bonds. The predicted octanol–water partition coefficient (Wildman–Crippen LogP) is 3.84. The number of hydrogen-bond acceptors (Lipinski definition) is 3. The summed E-state index contributed by atoms with van der Waals surface area (Å²) in [7, 11) is 0. The van der Waals surface area contributed by atoms with E-state index in [1.165, 1.54) is 18.2 Å². The van der Waals surface area contributed by atoms with Gasteiger partial charge < -0.3 is 10.1 Å². The van der Waals surface area contributed by atoms with Crippen LogP contribution >= 0.6 is 15.9 Å². The van der Waals surface area contributed by atoms with E-state index in [4.69, 9.17) is 4.74 Å². The van der Waals surface area contributed by atoms with E-state index in [0.29, 0.717) is 10.6 Å².